The molecule has 1 N–H and O–H groups in total. The first-order valence-electron chi connectivity index (χ1n) is 8.06. The largest absolute Gasteiger partial charge is 0.381 e. The summed E-state index contributed by atoms with van der Waals surface area (Å²) in [7, 11) is -3.31. The second-order valence-electron chi connectivity index (χ2n) is 6.43. The van der Waals surface area contributed by atoms with Crippen LogP contribution in [0.15, 0.2) is 11.1 Å². The molecule has 2 saturated heterocycles. The molecule has 0 bridgehead atoms. The van der Waals surface area contributed by atoms with Crippen LogP contribution < -0.4 is 0 Å². The fourth-order valence-electron chi connectivity index (χ4n) is 3.49. The molecule has 3 rings (SSSR count). The van der Waals surface area contributed by atoms with Crippen molar-refractivity contribution >= 4 is 15.7 Å². The van der Waals surface area contributed by atoms with Gasteiger partial charge in [0.1, 0.15) is 4.90 Å². The van der Waals surface area contributed by atoms with Gasteiger partial charge in [-0.25, -0.2) is 8.42 Å². The Balaban J connectivity index is 1.74. The van der Waals surface area contributed by atoms with Crippen LogP contribution in [0.4, 0.5) is 0 Å². The monoisotopic (exact) mass is 341 g/mol. The summed E-state index contributed by atoms with van der Waals surface area (Å²) in [5.74, 6) is 0.219. The lowest BCUT2D eigenvalue weighted by atomic mass is 9.92. The quantitative estimate of drug-likeness (QED) is 0.883. The summed E-state index contributed by atoms with van der Waals surface area (Å²) in [6.07, 6.45) is 5.85. The van der Waals surface area contributed by atoms with Crippen molar-refractivity contribution in [2.24, 2.45) is 5.92 Å². The molecule has 2 aliphatic rings. The van der Waals surface area contributed by atoms with Gasteiger partial charge < -0.3 is 9.64 Å². The average Bonchev–Trinajstić information content (AvgIpc) is 3.05. The summed E-state index contributed by atoms with van der Waals surface area (Å²) >= 11 is 0. The number of carbonyl (C=O) groups is 1. The van der Waals surface area contributed by atoms with Crippen molar-refractivity contribution in [2.45, 2.75) is 36.5 Å². The van der Waals surface area contributed by atoms with Crippen molar-refractivity contribution in [1.82, 2.24) is 15.1 Å². The number of hydrogen-bond donors (Lipinski definition) is 1. The van der Waals surface area contributed by atoms with Crippen molar-refractivity contribution in [3.63, 3.8) is 0 Å². The third-order valence-electron chi connectivity index (χ3n) is 4.74. The first kappa shape index (κ1) is 16.4. The molecule has 1 atom stereocenters. The molecule has 7 nitrogen and oxygen atoms in total. The number of carbonyl (C=O) groups excluding carboxylic acids is 1. The lowest BCUT2D eigenvalue weighted by Gasteiger charge is -2.35. The van der Waals surface area contributed by atoms with Crippen LogP contribution in [-0.2, 0) is 19.4 Å². The molecule has 1 aromatic heterocycles. The number of nitrogens with one attached hydrogen (secondary N) is 1. The molecule has 2 aliphatic heterocycles. The highest BCUT2D eigenvalue weighted by Crippen LogP contribution is 2.31. The Morgan fingerprint density at radius 2 is 2.09 bits per heavy atom. The predicted molar refractivity (Wildman–Crippen MR) is 83.8 cm³/mol. The highest BCUT2D eigenvalue weighted by Gasteiger charge is 2.32. The van der Waals surface area contributed by atoms with Gasteiger partial charge in [-0.15, -0.1) is 0 Å². The smallest absolute Gasteiger partial charge is 0.225 e. The Labute approximate surface area is 136 Å². The third kappa shape index (κ3) is 3.58. The fraction of sp³-hybridized carbons (Fsp3) is 0.733. The van der Waals surface area contributed by atoms with Crippen LogP contribution in [0.3, 0.4) is 0 Å². The number of nitrogens with zero attached hydrogens (tertiary/aromatic N) is 2. The van der Waals surface area contributed by atoms with E-state index in [-0.39, 0.29) is 22.6 Å². The number of aromatic amines is 1. The number of H-pyrrole nitrogens is 1. The molecule has 1 aromatic rings. The standard InChI is InChI=1S/C15H23N3O4S/c1-23(20,21)13-9-16-17-14(13)12-3-2-6-18(10-12)15(19)11-4-7-22-8-5-11/h9,11-12H,2-8,10H2,1H3,(H,16,17)/t12-/m1/s1. The summed E-state index contributed by atoms with van der Waals surface area (Å²) < 4.78 is 29.1. The van der Waals surface area contributed by atoms with Crippen molar-refractivity contribution in [3.8, 4) is 0 Å². The molecule has 2 fully saturated rings. The van der Waals surface area contributed by atoms with Gasteiger partial charge in [-0.05, 0) is 25.7 Å². The van der Waals surface area contributed by atoms with Crippen molar-refractivity contribution in [1.29, 1.82) is 0 Å². The Bertz CT molecular complexity index is 664. The van der Waals surface area contributed by atoms with Crippen LogP contribution in [0.5, 0.6) is 0 Å². The van der Waals surface area contributed by atoms with Crippen molar-refractivity contribution in [2.75, 3.05) is 32.6 Å². The number of aromatic nitrogens is 2. The fourth-order valence-corrected chi connectivity index (χ4v) is 4.34. The lowest BCUT2D eigenvalue weighted by molar-refractivity contribution is -0.139. The highest BCUT2D eigenvalue weighted by atomic mass is 32.2. The number of hydrogen-bond acceptors (Lipinski definition) is 5. The first-order valence-corrected chi connectivity index (χ1v) is 9.96. The summed E-state index contributed by atoms with van der Waals surface area (Å²) in [6, 6.07) is 0. The topological polar surface area (TPSA) is 92.4 Å². The van der Waals surface area contributed by atoms with E-state index in [0.717, 1.165) is 32.2 Å². The summed E-state index contributed by atoms with van der Waals surface area (Å²) in [5.41, 5.74) is 0.636. The number of sulfone groups is 1. The number of likely N-dealkylation sites (tertiary alicyclic amines) is 1. The van der Waals surface area contributed by atoms with Gasteiger partial charge in [0.2, 0.25) is 5.91 Å². The van der Waals surface area contributed by atoms with Crippen LogP contribution in [0.25, 0.3) is 0 Å². The van der Waals surface area contributed by atoms with Gasteiger partial charge in [0.25, 0.3) is 0 Å². The molecular weight excluding hydrogens is 318 g/mol. The van der Waals surface area contributed by atoms with E-state index in [2.05, 4.69) is 10.2 Å². The maximum absolute atomic E-state index is 12.7. The van der Waals surface area contributed by atoms with Crippen LogP contribution in [-0.4, -0.2) is 62.0 Å². The number of rotatable bonds is 3. The van der Waals surface area contributed by atoms with E-state index < -0.39 is 9.84 Å². The molecule has 0 aromatic carbocycles. The Morgan fingerprint density at radius 3 is 2.78 bits per heavy atom. The lowest BCUT2D eigenvalue weighted by Crippen LogP contribution is -2.43. The van der Waals surface area contributed by atoms with E-state index >= 15 is 0 Å². The van der Waals surface area contributed by atoms with Gasteiger partial charge >= 0.3 is 0 Å². The second kappa shape index (κ2) is 6.60. The zero-order valence-corrected chi connectivity index (χ0v) is 14.1. The van der Waals surface area contributed by atoms with Gasteiger partial charge in [0.05, 0.1) is 11.9 Å². The normalized spacial score (nSPS) is 23.9. The van der Waals surface area contributed by atoms with Crippen LogP contribution in [0.1, 0.15) is 37.3 Å². The van der Waals surface area contributed by atoms with E-state index in [1.54, 1.807) is 0 Å². The molecule has 3 heterocycles. The highest BCUT2D eigenvalue weighted by molar-refractivity contribution is 7.90. The Hall–Kier alpha value is -1.41. The van der Waals surface area contributed by atoms with E-state index in [1.165, 1.54) is 12.5 Å². The molecular formula is C15H23N3O4S. The summed E-state index contributed by atoms with van der Waals surface area (Å²) in [6.45, 7) is 2.59. The molecule has 0 saturated carbocycles. The summed E-state index contributed by atoms with van der Waals surface area (Å²) in [5, 5.41) is 6.73. The van der Waals surface area contributed by atoms with Crippen molar-refractivity contribution in [3.05, 3.63) is 11.9 Å². The van der Waals surface area contributed by atoms with Crippen LogP contribution >= 0.6 is 0 Å². The SMILES string of the molecule is CS(=O)(=O)c1cn[nH]c1[C@@H]1CCCN(C(=O)C2CCOCC2)C1. The molecule has 0 unspecified atom stereocenters. The zero-order chi connectivity index (χ0) is 16.4. The Morgan fingerprint density at radius 1 is 1.35 bits per heavy atom. The van der Waals surface area contributed by atoms with E-state index in [0.29, 0.717) is 25.5 Å². The van der Waals surface area contributed by atoms with Gasteiger partial charge in [-0.1, -0.05) is 0 Å². The van der Waals surface area contributed by atoms with Crippen molar-refractivity contribution < 1.29 is 17.9 Å². The average molecular weight is 341 g/mol. The van der Waals surface area contributed by atoms with Crippen LogP contribution in [0, 0.1) is 5.92 Å². The Kier molecular flexibility index (Phi) is 4.72. The molecule has 1 amide bonds. The molecule has 128 valence electrons. The van der Waals surface area contributed by atoms with E-state index in [4.69, 9.17) is 4.74 Å². The van der Waals surface area contributed by atoms with Gasteiger partial charge in [-0.2, -0.15) is 5.10 Å². The number of amides is 1. The minimum absolute atomic E-state index is 0.000217. The molecule has 23 heavy (non-hydrogen) atoms. The summed E-state index contributed by atoms with van der Waals surface area (Å²) in [4.78, 5) is 14.8. The number of piperidine rings is 1. The zero-order valence-electron chi connectivity index (χ0n) is 13.3. The minimum atomic E-state index is -3.31. The molecule has 0 aliphatic carbocycles. The van der Waals surface area contributed by atoms with Gasteiger partial charge in [0, 0.05) is 44.4 Å². The first-order chi connectivity index (χ1) is 11.0. The van der Waals surface area contributed by atoms with Gasteiger partial charge in [-0.3, -0.25) is 9.89 Å². The van der Waals surface area contributed by atoms with E-state index in [9.17, 15) is 13.2 Å². The molecule has 0 spiro atoms. The molecule has 0 radical (unpaired) electrons. The van der Waals surface area contributed by atoms with Crippen LogP contribution in [0.2, 0.25) is 0 Å². The minimum Gasteiger partial charge on any atom is -0.381 e. The maximum atomic E-state index is 12.7. The predicted octanol–water partition coefficient (Wildman–Crippen LogP) is 0.946. The molecule has 8 heteroatoms. The second-order valence-corrected chi connectivity index (χ2v) is 8.41. The van der Waals surface area contributed by atoms with E-state index in [1.807, 2.05) is 4.90 Å². The third-order valence-corrected chi connectivity index (χ3v) is 5.87. The number of ether oxygens (including phenoxy) is 1. The van der Waals surface area contributed by atoms with Gasteiger partial charge in [0.15, 0.2) is 9.84 Å². The maximum Gasteiger partial charge on any atom is 0.225 e.